The zero-order valence-corrected chi connectivity index (χ0v) is 11.4. The molecular formula is C11H19N3O2S. The van der Waals surface area contributed by atoms with Gasteiger partial charge in [0.15, 0.2) is 0 Å². The first-order chi connectivity index (χ1) is 7.93. The van der Waals surface area contributed by atoms with Crippen LogP contribution in [-0.2, 0) is 29.5 Å². The number of aromatic nitrogens is 2. The minimum absolute atomic E-state index is 0.472. The van der Waals surface area contributed by atoms with Crippen molar-refractivity contribution in [3.05, 3.63) is 17.0 Å². The molecule has 0 spiro atoms. The molecule has 2 heterocycles. The molecule has 17 heavy (non-hydrogen) atoms. The number of hydrogen-bond donors (Lipinski definition) is 0. The van der Waals surface area contributed by atoms with Crippen LogP contribution >= 0.6 is 0 Å². The van der Waals surface area contributed by atoms with Gasteiger partial charge in [-0.25, -0.2) is 8.42 Å². The van der Waals surface area contributed by atoms with Gasteiger partial charge in [-0.15, -0.1) is 0 Å². The third-order valence-corrected chi connectivity index (χ3v) is 4.54. The van der Waals surface area contributed by atoms with Gasteiger partial charge in [-0.1, -0.05) is 0 Å². The van der Waals surface area contributed by atoms with E-state index in [-0.39, 0.29) is 0 Å². The Balaban J connectivity index is 2.41. The van der Waals surface area contributed by atoms with Gasteiger partial charge in [0, 0.05) is 30.9 Å². The lowest BCUT2D eigenvalue weighted by molar-refractivity contribution is 0.412. The van der Waals surface area contributed by atoms with Crippen LogP contribution < -0.4 is 0 Å². The maximum atomic E-state index is 11.6. The van der Waals surface area contributed by atoms with E-state index in [1.54, 1.807) is 4.31 Å². The Bertz CT molecular complexity index is 519. The topological polar surface area (TPSA) is 55.2 Å². The van der Waals surface area contributed by atoms with Gasteiger partial charge in [-0.3, -0.25) is 4.68 Å². The lowest BCUT2D eigenvalue weighted by Gasteiger charge is -2.16. The van der Waals surface area contributed by atoms with Crippen molar-refractivity contribution < 1.29 is 8.42 Å². The van der Waals surface area contributed by atoms with Crippen LogP contribution in [0.4, 0.5) is 0 Å². The second-order valence-electron chi connectivity index (χ2n) is 4.53. The molecule has 0 aliphatic carbocycles. The molecule has 0 radical (unpaired) electrons. The maximum Gasteiger partial charge on any atom is 0.211 e. The molecule has 1 aliphatic heterocycles. The zero-order chi connectivity index (χ0) is 12.6. The van der Waals surface area contributed by atoms with Crippen LogP contribution in [0.15, 0.2) is 0 Å². The van der Waals surface area contributed by atoms with E-state index < -0.39 is 10.0 Å². The van der Waals surface area contributed by atoms with Crippen LogP contribution in [0.1, 0.15) is 30.3 Å². The molecule has 0 amide bonds. The average Bonchev–Trinajstić information content (AvgIpc) is 2.45. The quantitative estimate of drug-likeness (QED) is 0.791. The van der Waals surface area contributed by atoms with E-state index in [9.17, 15) is 8.42 Å². The number of fused-ring (bicyclic) bond motifs is 1. The van der Waals surface area contributed by atoms with Crippen molar-refractivity contribution in [3.63, 3.8) is 0 Å². The van der Waals surface area contributed by atoms with Gasteiger partial charge < -0.3 is 0 Å². The second kappa shape index (κ2) is 4.42. The highest BCUT2D eigenvalue weighted by Crippen LogP contribution is 2.23. The smallest absolute Gasteiger partial charge is 0.211 e. The molecule has 5 nitrogen and oxygen atoms in total. The molecule has 0 aromatic carbocycles. The predicted octanol–water partition coefficient (Wildman–Crippen LogP) is 0.919. The van der Waals surface area contributed by atoms with E-state index >= 15 is 0 Å². The summed E-state index contributed by atoms with van der Waals surface area (Å²) in [5.74, 6) is 0. The summed E-state index contributed by atoms with van der Waals surface area (Å²) in [7, 11) is -3.11. The van der Waals surface area contributed by atoms with E-state index in [2.05, 4.69) is 12.0 Å². The van der Waals surface area contributed by atoms with Crippen LogP contribution in [-0.4, -0.2) is 35.3 Å². The molecule has 1 aromatic heterocycles. The van der Waals surface area contributed by atoms with Gasteiger partial charge >= 0.3 is 0 Å². The molecule has 2 rings (SSSR count). The average molecular weight is 257 g/mol. The zero-order valence-electron chi connectivity index (χ0n) is 10.6. The number of sulfonamides is 1. The van der Waals surface area contributed by atoms with E-state index in [1.165, 1.54) is 11.9 Å². The lowest BCUT2D eigenvalue weighted by Crippen LogP contribution is -2.29. The van der Waals surface area contributed by atoms with Crippen LogP contribution in [0.5, 0.6) is 0 Å². The molecule has 96 valence electrons. The third-order valence-electron chi connectivity index (χ3n) is 3.29. The normalized spacial score (nSPS) is 17.8. The van der Waals surface area contributed by atoms with Gasteiger partial charge in [-0.05, 0) is 26.7 Å². The van der Waals surface area contributed by atoms with Crippen LogP contribution in [0.25, 0.3) is 0 Å². The Kier molecular flexibility index (Phi) is 3.27. The van der Waals surface area contributed by atoms with E-state index in [0.29, 0.717) is 13.1 Å². The lowest BCUT2D eigenvalue weighted by atomic mass is 10.1. The molecular weight excluding hydrogens is 238 g/mol. The summed E-state index contributed by atoms with van der Waals surface area (Å²) in [6.07, 6.45) is 3.05. The molecule has 1 aromatic rings. The van der Waals surface area contributed by atoms with Crippen molar-refractivity contribution in [1.82, 2.24) is 14.1 Å². The molecule has 6 heteroatoms. The maximum absolute atomic E-state index is 11.6. The molecule has 0 N–H and O–H groups in total. The Morgan fingerprint density at radius 1 is 1.41 bits per heavy atom. The van der Waals surface area contributed by atoms with Crippen molar-refractivity contribution in [2.45, 2.75) is 39.8 Å². The van der Waals surface area contributed by atoms with Crippen molar-refractivity contribution in [1.29, 1.82) is 0 Å². The summed E-state index contributed by atoms with van der Waals surface area (Å²) in [6, 6.07) is 0. The van der Waals surface area contributed by atoms with Crippen molar-refractivity contribution in [3.8, 4) is 0 Å². The fraction of sp³-hybridized carbons (Fsp3) is 0.727. The summed E-state index contributed by atoms with van der Waals surface area (Å²) in [5.41, 5.74) is 3.25. The van der Waals surface area contributed by atoms with Crippen molar-refractivity contribution in [2.24, 2.45) is 0 Å². The highest BCUT2D eigenvalue weighted by Gasteiger charge is 2.25. The molecule has 0 bridgehead atoms. The van der Waals surface area contributed by atoms with Gasteiger partial charge in [-0.2, -0.15) is 9.40 Å². The summed E-state index contributed by atoms with van der Waals surface area (Å²) < 4.78 is 26.8. The van der Waals surface area contributed by atoms with Gasteiger partial charge in [0.25, 0.3) is 0 Å². The fourth-order valence-corrected chi connectivity index (χ4v) is 3.20. The van der Waals surface area contributed by atoms with Crippen LogP contribution in [0.2, 0.25) is 0 Å². The van der Waals surface area contributed by atoms with Gasteiger partial charge in [0.1, 0.15) is 0 Å². The number of hydrogen-bond acceptors (Lipinski definition) is 3. The van der Waals surface area contributed by atoms with E-state index in [1.807, 2.05) is 11.6 Å². The summed E-state index contributed by atoms with van der Waals surface area (Å²) in [6.45, 7) is 5.94. The first-order valence-corrected chi connectivity index (χ1v) is 7.78. The SMILES string of the molecule is CCn1nc(C)c2c1CCCN(S(C)(=O)=O)C2. The highest BCUT2D eigenvalue weighted by molar-refractivity contribution is 7.88. The second-order valence-corrected chi connectivity index (χ2v) is 6.51. The standard InChI is InChI=1S/C11H19N3O2S/c1-4-14-11-6-5-7-13(17(3,15)16)8-10(11)9(2)12-14/h4-8H2,1-3H3. The number of aryl methyl sites for hydroxylation is 2. The molecule has 0 unspecified atom stereocenters. The first-order valence-electron chi connectivity index (χ1n) is 5.93. The van der Waals surface area contributed by atoms with E-state index in [4.69, 9.17) is 0 Å². The Morgan fingerprint density at radius 3 is 2.71 bits per heavy atom. The molecule has 0 saturated carbocycles. The highest BCUT2D eigenvalue weighted by atomic mass is 32.2. The van der Waals surface area contributed by atoms with Crippen LogP contribution in [0.3, 0.4) is 0 Å². The minimum Gasteiger partial charge on any atom is -0.269 e. The first kappa shape index (κ1) is 12.6. The Hall–Kier alpha value is -0.880. The predicted molar refractivity (Wildman–Crippen MR) is 66.2 cm³/mol. The monoisotopic (exact) mass is 257 g/mol. The summed E-state index contributed by atoms with van der Waals surface area (Å²) in [4.78, 5) is 0. The van der Waals surface area contributed by atoms with Crippen molar-refractivity contribution in [2.75, 3.05) is 12.8 Å². The molecule has 0 atom stereocenters. The number of nitrogens with zero attached hydrogens (tertiary/aromatic N) is 3. The Labute approximate surface area is 102 Å². The largest absolute Gasteiger partial charge is 0.269 e. The van der Waals surface area contributed by atoms with Gasteiger partial charge in [0.2, 0.25) is 10.0 Å². The molecule has 0 fully saturated rings. The fourth-order valence-electron chi connectivity index (χ4n) is 2.37. The van der Waals surface area contributed by atoms with Gasteiger partial charge in [0.05, 0.1) is 11.9 Å². The third kappa shape index (κ3) is 2.37. The van der Waals surface area contributed by atoms with Crippen molar-refractivity contribution >= 4 is 10.0 Å². The summed E-state index contributed by atoms with van der Waals surface area (Å²) in [5, 5.41) is 4.46. The number of rotatable bonds is 2. The molecule has 1 aliphatic rings. The minimum atomic E-state index is -3.11. The van der Waals surface area contributed by atoms with E-state index in [0.717, 1.165) is 30.6 Å². The molecule has 0 saturated heterocycles. The van der Waals surface area contributed by atoms with Crippen LogP contribution in [0, 0.1) is 6.92 Å². The summed E-state index contributed by atoms with van der Waals surface area (Å²) >= 11 is 0. The Morgan fingerprint density at radius 2 is 2.12 bits per heavy atom.